The van der Waals surface area contributed by atoms with E-state index in [1.165, 1.54) is 37.4 Å². The first-order chi connectivity index (χ1) is 24.6. The molecular weight excluding hydrogens is 722 g/mol. The fourth-order valence-electron chi connectivity index (χ4n) is 5.82. The Morgan fingerprint density at radius 1 is 1.13 bits per heavy atom. The van der Waals surface area contributed by atoms with Crippen LogP contribution in [-0.2, 0) is 26.8 Å². The molecule has 0 aliphatic heterocycles. The van der Waals surface area contributed by atoms with Gasteiger partial charge in [0, 0.05) is 34.3 Å². The third-order valence-electron chi connectivity index (χ3n) is 8.53. The van der Waals surface area contributed by atoms with Crippen LogP contribution in [0.1, 0.15) is 53.0 Å². The molecule has 1 aliphatic carbocycles. The van der Waals surface area contributed by atoms with Gasteiger partial charge in [0.05, 0.1) is 48.3 Å². The second-order valence-electron chi connectivity index (χ2n) is 12.2. The molecule has 1 fully saturated rings. The molecule has 2 heterocycles. The van der Waals surface area contributed by atoms with Crippen LogP contribution in [-0.4, -0.2) is 60.4 Å². The zero-order valence-electron chi connectivity index (χ0n) is 27.8. The van der Waals surface area contributed by atoms with Crippen LogP contribution in [0.15, 0.2) is 65.7 Å². The number of hydrogen-bond acceptors (Lipinski definition) is 9. The largest absolute Gasteiger partial charge is 0.494 e. The number of nitrogens with one attached hydrogen (secondary N) is 1. The number of amides is 2. The highest BCUT2D eigenvalue weighted by Gasteiger charge is 2.37. The zero-order chi connectivity index (χ0) is 37.5. The van der Waals surface area contributed by atoms with Crippen molar-refractivity contribution in [1.29, 1.82) is 0 Å². The molecule has 0 unspecified atom stereocenters. The van der Waals surface area contributed by atoms with Gasteiger partial charge in [-0.15, -0.1) is 0 Å². The highest BCUT2D eigenvalue weighted by molar-refractivity contribution is 7.89. The lowest BCUT2D eigenvalue weighted by atomic mass is 9.87. The van der Waals surface area contributed by atoms with E-state index in [9.17, 15) is 27.5 Å². The van der Waals surface area contributed by atoms with Crippen molar-refractivity contribution in [2.24, 2.45) is 10.9 Å². The van der Waals surface area contributed by atoms with Crippen LogP contribution >= 0.6 is 11.6 Å². The number of carbonyl (C=O) groups is 2. The Labute approximate surface area is 301 Å². The van der Waals surface area contributed by atoms with Gasteiger partial charge in [-0.1, -0.05) is 23.7 Å². The summed E-state index contributed by atoms with van der Waals surface area (Å²) in [5.41, 5.74) is 2.88. The third-order valence-corrected chi connectivity index (χ3v) is 9.73. The van der Waals surface area contributed by atoms with Gasteiger partial charge in [-0.2, -0.15) is 5.10 Å². The summed E-state index contributed by atoms with van der Waals surface area (Å²) in [6.07, 6.45) is 3.30. The summed E-state index contributed by atoms with van der Waals surface area (Å²) in [6, 6.07) is 11.1. The first-order valence-corrected chi connectivity index (χ1v) is 17.9. The molecule has 272 valence electrons. The van der Waals surface area contributed by atoms with Crippen LogP contribution in [0.3, 0.4) is 0 Å². The minimum atomic E-state index is -4.30. The molecule has 1 saturated carbocycles. The van der Waals surface area contributed by atoms with Crippen molar-refractivity contribution in [1.82, 2.24) is 20.1 Å². The standard InChI is InChI=1S/C35H33ClF2N6O7S/c1-3-51-33-18(12-30(39)45)11-29(42-32(33)24-14-25(36)27(38)15-26(24)37)35(47,21-5-4-6-23(13-21)52(40,48)49)17-41-34(46)19-9-20-16-44(22-7-8-22)43-31(20)28(10-19)50-2/h4-6,9-11,13-16,22,47H,3,7-8,12,17H2,1-2H3,(H2,39,45)(H,41,46)(H2,40,48,49)/t35-/m1/s1. The number of benzene rings is 3. The summed E-state index contributed by atoms with van der Waals surface area (Å²) in [5.74, 6) is -3.41. The molecule has 3 aromatic carbocycles. The number of nitrogens with two attached hydrogens (primary N) is 2. The Kier molecular flexibility index (Phi) is 9.93. The number of ether oxygens (including phenoxy) is 2. The molecule has 13 nitrogen and oxygen atoms in total. The predicted molar refractivity (Wildman–Crippen MR) is 186 cm³/mol. The summed E-state index contributed by atoms with van der Waals surface area (Å²) < 4.78 is 67.6. The van der Waals surface area contributed by atoms with Crippen molar-refractivity contribution in [3.8, 4) is 22.8 Å². The molecule has 1 atom stereocenters. The van der Waals surface area contributed by atoms with Gasteiger partial charge in [0.15, 0.2) is 0 Å². The normalized spacial score (nSPS) is 14.2. The number of sulfonamides is 1. The minimum absolute atomic E-state index is 0.0143. The SMILES string of the molecule is CCOc1c(CC(N)=O)cc([C@@](O)(CNC(=O)c2cc(OC)c3nn(C4CC4)cc3c2)c2cccc(S(N)(=O)=O)c2)nc1-c1cc(Cl)c(F)cc1F. The third kappa shape index (κ3) is 7.27. The summed E-state index contributed by atoms with van der Waals surface area (Å²) >= 11 is 6.03. The monoisotopic (exact) mass is 754 g/mol. The second kappa shape index (κ2) is 14.1. The van der Waals surface area contributed by atoms with Gasteiger partial charge in [0.25, 0.3) is 5.91 Å². The van der Waals surface area contributed by atoms with Crippen molar-refractivity contribution in [3.05, 3.63) is 99.8 Å². The van der Waals surface area contributed by atoms with Crippen LogP contribution in [0, 0.1) is 11.6 Å². The number of pyridine rings is 1. The maximum absolute atomic E-state index is 15.4. The molecule has 2 amide bonds. The molecule has 0 saturated heterocycles. The van der Waals surface area contributed by atoms with Gasteiger partial charge in [0.2, 0.25) is 15.9 Å². The Morgan fingerprint density at radius 3 is 2.54 bits per heavy atom. The van der Waals surface area contributed by atoms with E-state index in [1.807, 2.05) is 10.9 Å². The van der Waals surface area contributed by atoms with Crippen molar-refractivity contribution < 1.29 is 41.4 Å². The number of nitrogens with zero attached hydrogens (tertiary/aromatic N) is 3. The molecule has 6 N–H and O–H groups in total. The average Bonchev–Trinajstić information content (AvgIpc) is 3.86. The Hall–Kier alpha value is -5.16. The molecule has 17 heteroatoms. The fraction of sp³-hybridized carbons (Fsp3) is 0.257. The Bertz CT molecular complexity index is 2350. The number of rotatable bonds is 13. The maximum atomic E-state index is 15.4. The number of carbonyl (C=O) groups excluding carboxylic acids is 2. The van der Waals surface area contributed by atoms with E-state index in [2.05, 4.69) is 15.4 Å². The van der Waals surface area contributed by atoms with Gasteiger partial charge < -0.3 is 25.6 Å². The van der Waals surface area contributed by atoms with E-state index in [4.69, 9.17) is 31.9 Å². The minimum Gasteiger partial charge on any atom is -0.494 e. The maximum Gasteiger partial charge on any atom is 0.251 e. The number of primary sulfonamides is 1. The second-order valence-corrected chi connectivity index (χ2v) is 14.2. The molecule has 0 radical (unpaired) electrons. The average molecular weight is 755 g/mol. The number of fused-ring (bicyclic) bond motifs is 1. The summed E-state index contributed by atoms with van der Waals surface area (Å²) in [4.78, 5) is 30.2. The quantitative estimate of drug-likeness (QED) is 0.128. The first-order valence-electron chi connectivity index (χ1n) is 15.9. The number of hydrogen-bond donors (Lipinski definition) is 4. The van der Waals surface area contributed by atoms with E-state index in [0.29, 0.717) is 22.7 Å². The highest BCUT2D eigenvalue weighted by atomic mass is 35.5. The molecule has 52 heavy (non-hydrogen) atoms. The van der Waals surface area contributed by atoms with Crippen molar-refractivity contribution >= 4 is 44.3 Å². The Balaban J connectivity index is 1.51. The van der Waals surface area contributed by atoms with Crippen molar-refractivity contribution in [3.63, 3.8) is 0 Å². The van der Waals surface area contributed by atoms with Crippen LogP contribution in [0.5, 0.6) is 11.5 Å². The molecular formula is C35H33ClF2N6O7S. The van der Waals surface area contributed by atoms with Crippen molar-refractivity contribution in [2.75, 3.05) is 20.3 Å². The van der Waals surface area contributed by atoms with Crippen LogP contribution < -0.4 is 25.7 Å². The number of aromatic nitrogens is 3. The summed E-state index contributed by atoms with van der Waals surface area (Å²) in [6.45, 7) is 0.985. The van der Waals surface area contributed by atoms with Gasteiger partial charge >= 0.3 is 0 Å². The molecule has 2 aromatic heterocycles. The highest BCUT2D eigenvalue weighted by Crippen LogP contribution is 2.40. The lowest BCUT2D eigenvalue weighted by molar-refractivity contribution is -0.117. The van der Waals surface area contributed by atoms with E-state index in [1.54, 1.807) is 13.0 Å². The van der Waals surface area contributed by atoms with Gasteiger partial charge in [-0.05, 0) is 61.7 Å². The number of aliphatic hydroxyl groups is 1. The topological polar surface area (TPSA) is 202 Å². The molecule has 5 aromatic rings. The van der Waals surface area contributed by atoms with E-state index in [0.717, 1.165) is 25.0 Å². The Morgan fingerprint density at radius 2 is 1.88 bits per heavy atom. The van der Waals surface area contributed by atoms with Crippen LogP contribution in [0.4, 0.5) is 8.78 Å². The number of primary amides is 1. The first kappa shape index (κ1) is 36.6. The van der Waals surface area contributed by atoms with Gasteiger partial charge in [0.1, 0.15) is 39.9 Å². The number of halogens is 3. The number of methoxy groups -OCH3 is 1. The zero-order valence-corrected chi connectivity index (χ0v) is 29.4. The summed E-state index contributed by atoms with van der Waals surface area (Å²) in [5, 5.41) is 25.5. The molecule has 0 bridgehead atoms. The molecule has 0 spiro atoms. The van der Waals surface area contributed by atoms with Gasteiger partial charge in [-0.25, -0.2) is 27.3 Å². The predicted octanol–water partition coefficient (Wildman–Crippen LogP) is 4.11. The fourth-order valence-corrected chi connectivity index (χ4v) is 6.55. The van der Waals surface area contributed by atoms with Gasteiger partial charge in [-0.3, -0.25) is 14.3 Å². The van der Waals surface area contributed by atoms with E-state index < -0.39 is 57.1 Å². The molecule has 1 aliphatic rings. The smallest absolute Gasteiger partial charge is 0.251 e. The summed E-state index contributed by atoms with van der Waals surface area (Å²) in [7, 11) is -2.85. The van der Waals surface area contributed by atoms with E-state index in [-0.39, 0.29) is 56.9 Å². The lowest BCUT2D eigenvalue weighted by Crippen LogP contribution is -2.42. The molecule has 6 rings (SSSR count). The van der Waals surface area contributed by atoms with E-state index >= 15 is 4.39 Å². The van der Waals surface area contributed by atoms with Crippen LogP contribution in [0.25, 0.3) is 22.2 Å². The lowest BCUT2D eigenvalue weighted by Gasteiger charge is -2.30. The van der Waals surface area contributed by atoms with Crippen LogP contribution in [0.2, 0.25) is 5.02 Å². The van der Waals surface area contributed by atoms with Crippen molar-refractivity contribution in [2.45, 2.75) is 42.7 Å².